The molecule has 0 radical (unpaired) electrons. The van der Waals surface area contributed by atoms with Gasteiger partial charge in [-0.05, 0) is 98.7 Å². The number of hydrogen-bond donors (Lipinski definition) is 1. The molecule has 2 aromatic carbocycles. The molecule has 5 rings (SSSR count). The normalized spacial score (nSPS) is 23.8. The Kier molecular flexibility index (Phi) is 10.1. The van der Waals surface area contributed by atoms with Gasteiger partial charge in [-0.3, -0.25) is 9.69 Å². The maximum Gasteiger partial charge on any atom is 0.321 e. The topological polar surface area (TPSA) is 67.6 Å². The van der Waals surface area contributed by atoms with E-state index in [-0.39, 0.29) is 29.1 Å². The zero-order valence-corrected chi connectivity index (χ0v) is 24.0. The molecule has 1 N–H and O–H groups in total. The minimum atomic E-state index is -0.712. The average Bonchev–Trinajstić information content (AvgIpc) is 3.37. The first-order chi connectivity index (χ1) is 19.9. The fourth-order valence-corrected chi connectivity index (χ4v) is 7.81. The van der Waals surface area contributed by atoms with E-state index in [1.807, 2.05) is 18.2 Å². The Morgan fingerprint density at radius 1 is 1.02 bits per heavy atom. The molecule has 220 valence electrons. The lowest BCUT2D eigenvalue weighted by Gasteiger charge is -2.35. The second kappa shape index (κ2) is 13.9. The van der Waals surface area contributed by atoms with Crippen molar-refractivity contribution in [2.24, 2.45) is 17.8 Å². The van der Waals surface area contributed by atoms with Crippen LogP contribution in [0.15, 0.2) is 42.5 Å². The molecule has 2 aliphatic heterocycles. The molecule has 7 heteroatoms. The Morgan fingerprint density at radius 3 is 2.49 bits per heavy atom. The Balaban J connectivity index is 1.18. The van der Waals surface area contributed by atoms with Crippen LogP contribution in [0, 0.1) is 40.7 Å². The largest absolute Gasteiger partial charge is 0.480 e. The van der Waals surface area contributed by atoms with Gasteiger partial charge in [0.05, 0.1) is 5.56 Å². The number of hydrogen-bond acceptors (Lipinski definition) is 4. The van der Waals surface area contributed by atoms with Gasteiger partial charge in [-0.1, -0.05) is 49.9 Å². The number of carboxylic acids is 1. The zero-order chi connectivity index (χ0) is 28.8. The highest BCUT2D eigenvalue weighted by atomic mass is 19.1. The molecule has 3 fully saturated rings. The SMILES string of the molecule is N#Cc1c(F)cccc1CCCC1CCN(CC2CN(C(C(=O)O)C3CCCCC3)CC2c2cccc(F)c2)CC1. The fraction of sp³-hybridized carbons (Fsp3) is 0.588. The number of carboxylic acid groups (broad SMARTS) is 1. The minimum Gasteiger partial charge on any atom is -0.480 e. The van der Waals surface area contributed by atoms with Gasteiger partial charge in [-0.25, -0.2) is 8.78 Å². The lowest BCUT2D eigenvalue weighted by atomic mass is 9.83. The fourth-order valence-electron chi connectivity index (χ4n) is 7.81. The lowest BCUT2D eigenvalue weighted by molar-refractivity contribution is -0.145. The van der Waals surface area contributed by atoms with E-state index in [9.17, 15) is 23.9 Å². The summed E-state index contributed by atoms with van der Waals surface area (Å²) in [6, 6.07) is 13.3. The first kappa shape index (κ1) is 29.7. The summed E-state index contributed by atoms with van der Waals surface area (Å²) >= 11 is 0. The molecular formula is C34H43F2N3O2. The van der Waals surface area contributed by atoms with E-state index in [2.05, 4.69) is 9.80 Å². The van der Waals surface area contributed by atoms with Crippen LogP contribution in [0.5, 0.6) is 0 Å². The maximum absolute atomic E-state index is 14.2. The van der Waals surface area contributed by atoms with Crippen LogP contribution in [0.3, 0.4) is 0 Å². The summed E-state index contributed by atoms with van der Waals surface area (Å²) in [5, 5.41) is 19.6. The molecule has 2 saturated heterocycles. The number of nitriles is 1. The Bertz CT molecular complexity index is 1220. The second-order valence-electron chi connectivity index (χ2n) is 12.6. The smallest absolute Gasteiger partial charge is 0.321 e. The Morgan fingerprint density at radius 2 is 1.78 bits per heavy atom. The van der Waals surface area contributed by atoms with E-state index >= 15 is 0 Å². The third kappa shape index (κ3) is 7.34. The van der Waals surface area contributed by atoms with Crippen LogP contribution < -0.4 is 0 Å². The van der Waals surface area contributed by atoms with Crippen LogP contribution in [0.25, 0.3) is 0 Å². The molecule has 0 amide bonds. The van der Waals surface area contributed by atoms with Crippen molar-refractivity contribution in [1.29, 1.82) is 5.26 Å². The van der Waals surface area contributed by atoms with Gasteiger partial charge in [-0.2, -0.15) is 5.26 Å². The molecule has 2 aromatic rings. The summed E-state index contributed by atoms with van der Waals surface area (Å²) < 4.78 is 28.2. The molecule has 5 nitrogen and oxygen atoms in total. The second-order valence-corrected chi connectivity index (χ2v) is 12.6. The van der Waals surface area contributed by atoms with Crippen molar-refractivity contribution >= 4 is 5.97 Å². The Hall–Kier alpha value is -2.82. The summed E-state index contributed by atoms with van der Waals surface area (Å²) in [5.41, 5.74) is 1.95. The predicted octanol–water partition coefficient (Wildman–Crippen LogP) is 6.62. The van der Waals surface area contributed by atoms with Crippen molar-refractivity contribution in [3.8, 4) is 6.07 Å². The number of rotatable bonds is 10. The average molecular weight is 564 g/mol. The standard InChI is InChI=1S/C34H43F2N3O2/c35-29-13-5-12-27(19-29)31-23-39(33(34(40)41)26-8-2-1-3-9-26)22-28(31)21-38-17-15-24(16-18-38)7-4-10-25-11-6-14-32(36)30(25)20-37/h5-6,11-14,19,24,26,28,31,33H,1-4,7-10,15-18,21-23H2,(H,40,41). The number of benzene rings is 2. The van der Waals surface area contributed by atoms with Gasteiger partial charge in [-0.15, -0.1) is 0 Å². The molecule has 0 bridgehead atoms. The van der Waals surface area contributed by atoms with Gasteiger partial charge in [0.1, 0.15) is 23.7 Å². The molecule has 3 aliphatic rings. The predicted molar refractivity (Wildman–Crippen MR) is 155 cm³/mol. The molecule has 1 aliphatic carbocycles. The third-order valence-electron chi connectivity index (χ3n) is 9.96. The van der Waals surface area contributed by atoms with Gasteiger partial charge < -0.3 is 10.0 Å². The van der Waals surface area contributed by atoms with Crippen LogP contribution in [-0.2, 0) is 11.2 Å². The number of halogens is 2. The Labute approximate surface area is 243 Å². The first-order valence-electron chi connectivity index (χ1n) is 15.5. The van der Waals surface area contributed by atoms with Gasteiger partial charge in [0.25, 0.3) is 0 Å². The van der Waals surface area contributed by atoms with Crippen LogP contribution in [0.1, 0.15) is 80.4 Å². The van der Waals surface area contributed by atoms with Gasteiger partial charge in [0.15, 0.2) is 0 Å². The van der Waals surface area contributed by atoms with Gasteiger partial charge in [0, 0.05) is 25.6 Å². The number of nitrogens with zero attached hydrogens (tertiary/aromatic N) is 3. The van der Waals surface area contributed by atoms with Crippen molar-refractivity contribution in [2.45, 2.75) is 76.2 Å². The molecule has 0 spiro atoms. The summed E-state index contributed by atoms with van der Waals surface area (Å²) in [6.45, 7) is 4.32. The summed E-state index contributed by atoms with van der Waals surface area (Å²) in [4.78, 5) is 17.2. The van der Waals surface area contributed by atoms with E-state index < -0.39 is 17.8 Å². The van der Waals surface area contributed by atoms with Crippen molar-refractivity contribution < 1.29 is 18.7 Å². The highest BCUT2D eigenvalue weighted by Gasteiger charge is 2.43. The van der Waals surface area contributed by atoms with Crippen LogP contribution in [0.4, 0.5) is 8.78 Å². The van der Waals surface area contributed by atoms with Crippen molar-refractivity contribution in [2.75, 3.05) is 32.7 Å². The summed E-state index contributed by atoms with van der Waals surface area (Å²) in [6.07, 6.45) is 10.3. The molecule has 2 heterocycles. The van der Waals surface area contributed by atoms with E-state index in [0.29, 0.717) is 12.5 Å². The first-order valence-corrected chi connectivity index (χ1v) is 15.5. The molecule has 3 unspecified atom stereocenters. The molecule has 3 atom stereocenters. The zero-order valence-electron chi connectivity index (χ0n) is 24.0. The minimum absolute atomic E-state index is 0.120. The number of aliphatic carboxylic acids is 1. The maximum atomic E-state index is 14.2. The van der Waals surface area contributed by atoms with E-state index in [1.54, 1.807) is 18.2 Å². The summed E-state index contributed by atoms with van der Waals surface area (Å²) in [7, 11) is 0. The van der Waals surface area contributed by atoms with Gasteiger partial charge >= 0.3 is 5.97 Å². The molecular weight excluding hydrogens is 520 g/mol. The number of aryl methyl sites for hydroxylation is 1. The quantitative estimate of drug-likeness (QED) is 0.352. The molecule has 1 saturated carbocycles. The monoisotopic (exact) mass is 563 g/mol. The molecule has 0 aromatic heterocycles. The number of likely N-dealkylation sites (tertiary alicyclic amines) is 2. The van der Waals surface area contributed by atoms with Crippen molar-refractivity contribution in [1.82, 2.24) is 9.80 Å². The number of carbonyl (C=O) groups is 1. The van der Waals surface area contributed by atoms with Crippen molar-refractivity contribution in [3.63, 3.8) is 0 Å². The van der Waals surface area contributed by atoms with Crippen LogP contribution >= 0.6 is 0 Å². The third-order valence-corrected chi connectivity index (χ3v) is 9.96. The molecule has 41 heavy (non-hydrogen) atoms. The van der Waals surface area contributed by atoms with Crippen molar-refractivity contribution in [3.05, 3.63) is 70.8 Å². The van der Waals surface area contributed by atoms with E-state index in [1.165, 1.54) is 18.6 Å². The van der Waals surface area contributed by atoms with Gasteiger partial charge in [0.2, 0.25) is 0 Å². The van der Waals surface area contributed by atoms with Crippen LogP contribution in [0.2, 0.25) is 0 Å². The highest BCUT2D eigenvalue weighted by molar-refractivity contribution is 5.74. The lowest BCUT2D eigenvalue weighted by Crippen LogP contribution is -2.46. The number of piperidine rings is 1. The van der Waals surface area contributed by atoms with Crippen LogP contribution in [-0.4, -0.2) is 59.6 Å². The summed E-state index contributed by atoms with van der Waals surface area (Å²) in [5.74, 6) is -0.189. The van der Waals surface area contributed by atoms with E-state index in [4.69, 9.17) is 0 Å². The highest BCUT2D eigenvalue weighted by Crippen LogP contribution is 2.39. The van der Waals surface area contributed by atoms with E-state index in [0.717, 1.165) is 95.1 Å².